The van der Waals surface area contributed by atoms with Crippen LogP contribution in [0.4, 0.5) is 4.39 Å². The highest BCUT2D eigenvalue weighted by Gasteiger charge is 2.57. The van der Waals surface area contributed by atoms with E-state index in [4.69, 9.17) is 61.6 Å². The molecular weight excluding hydrogens is 1270 g/mol. The Balaban J connectivity index is 1.14. The van der Waals surface area contributed by atoms with Gasteiger partial charge in [0.15, 0.2) is 30.9 Å². The number of ether oxygens (including phenoxy) is 13. The molecule has 2 saturated carbocycles. The van der Waals surface area contributed by atoms with E-state index in [2.05, 4.69) is 31.1 Å². The number of hydrogen-bond donors (Lipinski definition) is 0. The fourth-order valence-corrected chi connectivity index (χ4v) is 13.3. The molecule has 99 heavy (non-hydrogen) atoms. The predicted octanol–water partition coefficient (Wildman–Crippen LogP) is 12.8. The third kappa shape index (κ3) is 20.2. The number of carbonyl (C=O) groups excluding carboxylic acids is 5. The van der Waals surface area contributed by atoms with Gasteiger partial charge in [-0.3, -0.25) is 4.79 Å². The Morgan fingerprint density at radius 3 is 1.78 bits per heavy atom. The molecule has 4 aliphatic rings. The summed E-state index contributed by atoms with van der Waals surface area (Å²) < 4.78 is 104. The number of aromatic nitrogens is 3. The van der Waals surface area contributed by atoms with E-state index in [0.717, 1.165) is 64.2 Å². The SMILES string of the molecule is CCCCOC1C(C)OC(OC2C(OC3OC(COC(=O)c4ccccc4)C(OC(=O)c4ccccc4)C(O[C@@H](CC4CCCCC4)C(=O)OCc4ccccc4)C3OC(=O)c3ccccc3)CC(C(=O)OC)CC2n2cc(-c3cccc(F)c3)nn2)C(OCCCC)C1OCCCC. The molecule has 21 nitrogen and oxygen atoms in total. The van der Waals surface area contributed by atoms with Crippen molar-refractivity contribution >= 4 is 29.8 Å². The maximum atomic E-state index is 15.2. The summed E-state index contributed by atoms with van der Waals surface area (Å²) in [5.41, 5.74) is 1.84. The van der Waals surface area contributed by atoms with E-state index >= 15 is 14.0 Å². The fourth-order valence-electron chi connectivity index (χ4n) is 13.3. The molecule has 10 rings (SSSR count). The normalized spacial score (nSPS) is 26.0. The number of hydrogen-bond acceptors (Lipinski definition) is 20. The summed E-state index contributed by atoms with van der Waals surface area (Å²) in [5, 5.41) is 9.18. The molecule has 5 aromatic carbocycles. The zero-order chi connectivity index (χ0) is 69.5. The van der Waals surface area contributed by atoms with Crippen LogP contribution in [0.1, 0.15) is 160 Å². The Morgan fingerprint density at radius 2 is 1.17 bits per heavy atom. The quantitative estimate of drug-likeness (QED) is 0.0211. The van der Waals surface area contributed by atoms with E-state index in [-0.39, 0.29) is 48.5 Å². The van der Waals surface area contributed by atoms with Crippen LogP contribution in [0.5, 0.6) is 0 Å². The van der Waals surface area contributed by atoms with Gasteiger partial charge in [0.2, 0.25) is 0 Å². The van der Waals surface area contributed by atoms with Crippen molar-refractivity contribution in [2.75, 3.05) is 33.5 Å². The fraction of sp³-hybridized carbons (Fsp3) is 0.519. The Kier molecular flexibility index (Phi) is 28.1. The van der Waals surface area contributed by atoms with Gasteiger partial charge in [-0.15, -0.1) is 5.10 Å². The predicted molar refractivity (Wildman–Crippen MR) is 360 cm³/mol. The highest BCUT2D eigenvalue weighted by molar-refractivity contribution is 5.90. The first-order valence-corrected chi connectivity index (χ1v) is 35.1. The standard InChI is InChI=1S/C77H94FN3O18/c1-6-9-40-88-64-50(4)93-76(69(90-42-11-8-3)67(64)89-41-10-7-2)99-65-60(81-47-59(79-80-81)56-38-27-39-58(78)44-56)45-57(71(82)87-5)46-61(65)95-77-70(98-74(85)55-36-25-16-26-37-55)68(94-62(43-51-28-17-12-18-29-51)75(86)91-48-52-30-19-13-20-31-52)66(97-73(84)54-34-23-15-24-35-54)63(96-77)49-92-72(83)53-32-21-14-22-33-53/h13-16,19-27,30-39,44,47,50-51,57,60-70,76-77H,6-12,17-18,28-29,40-43,45-46,48-49H2,1-5H3/t50?,57?,60?,61?,62-,63?,64?,65?,66?,67?,68?,69?,70?,76?,77?/m0/s1. The number of halogens is 1. The third-order valence-electron chi connectivity index (χ3n) is 18.6. The molecule has 6 aromatic rings. The van der Waals surface area contributed by atoms with Gasteiger partial charge in [0.05, 0.1) is 54.2 Å². The van der Waals surface area contributed by atoms with Gasteiger partial charge < -0.3 is 61.6 Å². The van der Waals surface area contributed by atoms with E-state index in [1.807, 2.05) is 37.3 Å². The maximum Gasteiger partial charge on any atom is 0.338 e. The van der Waals surface area contributed by atoms with Gasteiger partial charge in [-0.1, -0.05) is 174 Å². The number of unbranched alkanes of at least 4 members (excludes halogenated alkanes) is 3. The Morgan fingerprint density at radius 1 is 0.596 bits per heavy atom. The Labute approximate surface area is 578 Å². The monoisotopic (exact) mass is 1370 g/mol. The maximum absolute atomic E-state index is 15.2. The summed E-state index contributed by atoms with van der Waals surface area (Å²) >= 11 is 0. The van der Waals surface area contributed by atoms with Crippen LogP contribution < -0.4 is 0 Å². The van der Waals surface area contributed by atoms with E-state index in [1.165, 1.54) is 23.9 Å². The Hall–Kier alpha value is -7.80. The molecule has 4 fully saturated rings. The van der Waals surface area contributed by atoms with Crippen molar-refractivity contribution in [3.8, 4) is 11.3 Å². The number of benzene rings is 5. The largest absolute Gasteiger partial charge is 0.469 e. The molecule has 0 amide bonds. The molecule has 2 aliphatic carbocycles. The van der Waals surface area contributed by atoms with Crippen LogP contribution in [0.25, 0.3) is 11.3 Å². The number of nitrogens with zero attached hydrogens (tertiary/aromatic N) is 3. The van der Waals surface area contributed by atoms with Crippen LogP contribution in [0.3, 0.4) is 0 Å². The van der Waals surface area contributed by atoms with Gasteiger partial charge in [-0.05, 0) is 105 Å². The highest BCUT2D eigenvalue weighted by Crippen LogP contribution is 2.43. The van der Waals surface area contributed by atoms with Gasteiger partial charge in [0.25, 0.3) is 0 Å². The van der Waals surface area contributed by atoms with Crippen molar-refractivity contribution < 1.29 is 89.9 Å². The molecule has 2 aliphatic heterocycles. The van der Waals surface area contributed by atoms with E-state index in [1.54, 1.807) is 109 Å². The second-order valence-electron chi connectivity index (χ2n) is 25.8. The van der Waals surface area contributed by atoms with Crippen LogP contribution >= 0.6 is 0 Å². The molecule has 2 saturated heterocycles. The van der Waals surface area contributed by atoms with Crippen molar-refractivity contribution in [3.05, 3.63) is 180 Å². The smallest absolute Gasteiger partial charge is 0.338 e. The summed E-state index contributed by atoms with van der Waals surface area (Å²) in [6.45, 7) is 8.47. The summed E-state index contributed by atoms with van der Waals surface area (Å²) in [4.78, 5) is 73.8. The zero-order valence-corrected chi connectivity index (χ0v) is 57.2. The molecule has 0 radical (unpaired) electrons. The number of rotatable bonds is 33. The first-order valence-electron chi connectivity index (χ1n) is 35.1. The molecule has 0 N–H and O–H groups in total. The average Bonchev–Trinajstić information content (AvgIpc) is 1.47. The summed E-state index contributed by atoms with van der Waals surface area (Å²) in [5.74, 6) is -5.38. The van der Waals surface area contributed by atoms with Crippen LogP contribution in [0.15, 0.2) is 152 Å². The summed E-state index contributed by atoms with van der Waals surface area (Å²) in [7, 11) is 1.28. The van der Waals surface area contributed by atoms with Crippen LogP contribution in [-0.4, -0.2) is 158 Å². The molecule has 15 atom stereocenters. The molecule has 14 unspecified atom stereocenters. The minimum atomic E-state index is -1.83. The van der Waals surface area contributed by atoms with Gasteiger partial charge in [-0.2, -0.15) is 0 Å². The molecule has 22 heteroatoms. The lowest BCUT2D eigenvalue weighted by Crippen LogP contribution is -2.65. The van der Waals surface area contributed by atoms with Gasteiger partial charge in [0.1, 0.15) is 61.3 Å². The zero-order valence-electron chi connectivity index (χ0n) is 57.2. The van der Waals surface area contributed by atoms with Crippen molar-refractivity contribution in [2.45, 2.75) is 210 Å². The van der Waals surface area contributed by atoms with Crippen LogP contribution in [0, 0.1) is 17.7 Å². The van der Waals surface area contributed by atoms with Crippen LogP contribution in [-0.2, 0) is 77.8 Å². The molecule has 0 bridgehead atoms. The van der Waals surface area contributed by atoms with Gasteiger partial charge >= 0.3 is 29.8 Å². The molecule has 3 heterocycles. The minimum Gasteiger partial charge on any atom is -0.469 e. The lowest BCUT2D eigenvalue weighted by atomic mass is 9.81. The number of carbonyl (C=O) groups is 5. The average molecular weight is 1370 g/mol. The van der Waals surface area contributed by atoms with Crippen LogP contribution in [0.2, 0.25) is 0 Å². The lowest BCUT2D eigenvalue weighted by Gasteiger charge is -2.50. The third-order valence-corrected chi connectivity index (χ3v) is 18.6. The van der Waals surface area contributed by atoms with E-state index in [9.17, 15) is 14.4 Å². The second-order valence-corrected chi connectivity index (χ2v) is 25.8. The van der Waals surface area contributed by atoms with Crippen molar-refractivity contribution in [3.63, 3.8) is 0 Å². The molecule has 0 spiro atoms. The number of esters is 5. The van der Waals surface area contributed by atoms with Crippen molar-refractivity contribution in [1.82, 2.24) is 15.0 Å². The Bertz CT molecular complexity index is 3460. The lowest BCUT2D eigenvalue weighted by molar-refractivity contribution is -0.355. The summed E-state index contributed by atoms with van der Waals surface area (Å²) in [6.07, 6.45) is -5.88. The molecular formula is C77H94FN3O18. The van der Waals surface area contributed by atoms with Crippen molar-refractivity contribution in [2.24, 2.45) is 11.8 Å². The molecule has 1 aromatic heterocycles. The van der Waals surface area contributed by atoms with Crippen molar-refractivity contribution in [1.29, 1.82) is 0 Å². The van der Waals surface area contributed by atoms with Gasteiger partial charge in [0, 0.05) is 25.4 Å². The second kappa shape index (κ2) is 37.6. The summed E-state index contributed by atoms with van der Waals surface area (Å²) in [6, 6.07) is 38.7. The van der Waals surface area contributed by atoms with E-state index < -0.39 is 134 Å². The first kappa shape index (κ1) is 73.9. The highest BCUT2D eigenvalue weighted by atomic mass is 19.1. The van der Waals surface area contributed by atoms with Gasteiger partial charge in [-0.25, -0.2) is 28.3 Å². The number of methoxy groups -OCH3 is 1. The molecule has 532 valence electrons. The topological polar surface area (TPSA) is 236 Å². The van der Waals surface area contributed by atoms with E-state index in [0.29, 0.717) is 43.1 Å². The minimum absolute atomic E-state index is 0.0131. The first-order chi connectivity index (χ1) is 48.3.